The lowest BCUT2D eigenvalue weighted by Crippen LogP contribution is -2.56. The second-order valence-corrected chi connectivity index (χ2v) is 14.1. The molecule has 0 spiro atoms. The van der Waals surface area contributed by atoms with Gasteiger partial charge in [0.1, 0.15) is 11.4 Å². The molecule has 2 atom stereocenters. The van der Waals surface area contributed by atoms with Crippen molar-refractivity contribution in [1.29, 1.82) is 0 Å². The summed E-state index contributed by atoms with van der Waals surface area (Å²) >= 11 is 0. The summed E-state index contributed by atoms with van der Waals surface area (Å²) in [6.07, 6.45) is 10.8. The van der Waals surface area contributed by atoms with Crippen LogP contribution in [0.25, 0.3) is 0 Å². The zero-order valence-electron chi connectivity index (χ0n) is 24.2. The van der Waals surface area contributed by atoms with Gasteiger partial charge in [-0.3, -0.25) is 4.79 Å². The van der Waals surface area contributed by atoms with E-state index in [4.69, 9.17) is 4.74 Å². The van der Waals surface area contributed by atoms with Crippen LogP contribution in [0, 0.1) is 17.3 Å². The molecule has 4 bridgehead atoms. The maximum Gasteiger partial charge on any atom is 0.410 e. The van der Waals surface area contributed by atoms with Crippen molar-refractivity contribution in [3.05, 3.63) is 59.8 Å². The SMILES string of the molecule is CC(C)(C)OC(=O)N1CCC(NC(=O)c2ccc(NCC34CC5CC(C3)CC(c3ccccc3)(C5)C4)nc2)CC1. The van der Waals surface area contributed by atoms with Crippen molar-refractivity contribution in [2.24, 2.45) is 17.3 Å². The molecule has 1 aliphatic heterocycles. The Kier molecular flexibility index (Phi) is 7.04. The van der Waals surface area contributed by atoms with Crippen LogP contribution in [0.5, 0.6) is 0 Å². The fraction of sp³-hybridized carbons (Fsp3) is 0.606. The average molecular weight is 545 g/mol. The van der Waals surface area contributed by atoms with Crippen LogP contribution in [0.2, 0.25) is 0 Å². The van der Waals surface area contributed by atoms with E-state index in [2.05, 4.69) is 45.9 Å². The Bertz CT molecular complexity index is 1200. The molecule has 1 aromatic carbocycles. The van der Waals surface area contributed by atoms with Crippen LogP contribution in [-0.2, 0) is 10.2 Å². The first-order chi connectivity index (χ1) is 19.1. The van der Waals surface area contributed by atoms with E-state index in [1.54, 1.807) is 11.1 Å². The first-order valence-electron chi connectivity index (χ1n) is 15.1. The molecule has 1 saturated heterocycles. The minimum atomic E-state index is -0.504. The van der Waals surface area contributed by atoms with Crippen molar-refractivity contribution >= 4 is 17.8 Å². The highest BCUT2D eigenvalue weighted by Gasteiger charge is 2.57. The number of carbonyl (C=O) groups is 2. The Morgan fingerprint density at radius 3 is 2.33 bits per heavy atom. The molecule has 2 N–H and O–H groups in total. The van der Waals surface area contributed by atoms with Crippen molar-refractivity contribution in [3.8, 4) is 0 Å². The van der Waals surface area contributed by atoms with Gasteiger partial charge in [0, 0.05) is 31.9 Å². The number of aromatic nitrogens is 1. The molecule has 0 radical (unpaired) electrons. The maximum atomic E-state index is 12.9. The standard InChI is InChI=1S/C33H44N4O3/c1-31(2,3)40-30(39)37-13-11-27(12-14-37)36-29(38)25-9-10-28(34-20-25)35-22-32-16-23-15-24(17-32)19-33(18-23,21-32)26-7-5-4-6-8-26/h4-10,20,23-24,27H,11-19,21-22H2,1-3H3,(H,34,35)(H,36,38). The van der Waals surface area contributed by atoms with Crippen molar-refractivity contribution in [1.82, 2.24) is 15.2 Å². The van der Waals surface area contributed by atoms with Gasteiger partial charge in [-0.05, 0) is 112 Å². The smallest absolute Gasteiger partial charge is 0.410 e. The summed E-state index contributed by atoms with van der Waals surface area (Å²) in [5.74, 6) is 2.39. The Hall–Kier alpha value is -3.09. The molecule has 2 unspecified atom stereocenters. The second kappa shape index (κ2) is 10.4. The Balaban J connectivity index is 1.02. The van der Waals surface area contributed by atoms with Crippen LogP contribution >= 0.6 is 0 Å². The highest BCUT2D eigenvalue weighted by Crippen LogP contribution is 2.65. The van der Waals surface area contributed by atoms with E-state index < -0.39 is 5.60 Å². The van der Waals surface area contributed by atoms with Gasteiger partial charge in [-0.25, -0.2) is 9.78 Å². The number of ether oxygens (including phenoxy) is 1. The van der Waals surface area contributed by atoms with Crippen LogP contribution in [0.15, 0.2) is 48.7 Å². The van der Waals surface area contributed by atoms with Crippen molar-refractivity contribution in [2.45, 2.75) is 89.2 Å². The summed E-state index contributed by atoms with van der Waals surface area (Å²) in [7, 11) is 0. The summed E-state index contributed by atoms with van der Waals surface area (Å²) in [6.45, 7) is 7.72. The molecule has 5 aliphatic rings. The zero-order valence-corrected chi connectivity index (χ0v) is 24.2. The van der Waals surface area contributed by atoms with Gasteiger partial charge < -0.3 is 20.3 Å². The molecule has 4 saturated carbocycles. The van der Waals surface area contributed by atoms with Gasteiger partial charge in [-0.1, -0.05) is 30.3 Å². The van der Waals surface area contributed by atoms with Gasteiger partial charge in [-0.2, -0.15) is 0 Å². The van der Waals surface area contributed by atoms with E-state index in [9.17, 15) is 9.59 Å². The molecule has 2 aromatic rings. The molecular weight excluding hydrogens is 500 g/mol. The zero-order chi connectivity index (χ0) is 28.0. The lowest BCUT2D eigenvalue weighted by molar-refractivity contribution is -0.0645. The highest BCUT2D eigenvalue weighted by molar-refractivity contribution is 5.94. The molecule has 1 aromatic heterocycles. The summed E-state index contributed by atoms with van der Waals surface area (Å²) in [5.41, 5.74) is 2.27. The van der Waals surface area contributed by atoms with Crippen molar-refractivity contribution in [3.63, 3.8) is 0 Å². The van der Waals surface area contributed by atoms with Gasteiger partial charge >= 0.3 is 6.09 Å². The quantitative estimate of drug-likeness (QED) is 0.455. The lowest BCUT2D eigenvalue weighted by Gasteiger charge is -2.62. The van der Waals surface area contributed by atoms with Crippen molar-refractivity contribution < 1.29 is 14.3 Å². The molecule has 214 valence electrons. The van der Waals surface area contributed by atoms with Crippen LogP contribution in [-0.4, -0.2) is 53.2 Å². The number of likely N-dealkylation sites (tertiary alicyclic amines) is 1. The third-order valence-electron chi connectivity index (χ3n) is 9.72. The Labute approximate surface area is 238 Å². The number of nitrogens with one attached hydrogen (secondary N) is 2. The number of benzene rings is 1. The molecule has 2 amide bonds. The molecule has 2 heterocycles. The van der Waals surface area contributed by atoms with E-state index in [1.807, 2.05) is 32.9 Å². The topological polar surface area (TPSA) is 83.6 Å². The average Bonchev–Trinajstić information content (AvgIpc) is 2.91. The van der Waals surface area contributed by atoms with E-state index in [0.717, 1.165) is 24.2 Å². The number of piperidine rings is 1. The van der Waals surface area contributed by atoms with E-state index in [0.29, 0.717) is 42.3 Å². The first-order valence-corrected chi connectivity index (χ1v) is 15.1. The monoisotopic (exact) mass is 544 g/mol. The molecule has 5 fully saturated rings. The van der Waals surface area contributed by atoms with Gasteiger partial charge in [-0.15, -0.1) is 0 Å². The Morgan fingerprint density at radius 1 is 1.00 bits per heavy atom. The lowest BCUT2D eigenvalue weighted by atomic mass is 9.43. The van der Waals surface area contributed by atoms with Gasteiger partial charge in [0.05, 0.1) is 5.56 Å². The predicted octanol–water partition coefficient (Wildman–Crippen LogP) is 6.16. The molecule has 7 rings (SSSR count). The second-order valence-electron chi connectivity index (χ2n) is 14.1. The molecule has 40 heavy (non-hydrogen) atoms. The highest BCUT2D eigenvalue weighted by atomic mass is 16.6. The molecule has 7 nitrogen and oxygen atoms in total. The fourth-order valence-electron chi connectivity index (χ4n) is 8.50. The van der Waals surface area contributed by atoms with Crippen LogP contribution < -0.4 is 10.6 Å². The van der Waals surface area contributed by atoms with Crippen LogP contribution in [0.3, 0.4) is 0 Å². The number of hydrogen-bond acceptors (Lipinski definition) is 5. The largest absolute Gasteiger partial charge is 0.444 e. The third-order valence-corrected chi connectivity index (χ3v) is 9.72. The number of rotatable bonds is 6. The minimum Gasteiger partial charge on any atom is -0.444 e. The van der Waals surface area contributed by atoms with E-state index in [-0.39, 0.29) is 18.0 Å². The minimum absolute atomic E-state index is 0.0389. The van der Waals surface area contributed by atoms with E-state index in [1.165, 1.54) is 44.1 Å². The summed E-state index contributed by atoms with van der Waals surface area (Å²) in [4.78, 5) is 31.6. The molecule has 4 aliphatic carbocycles. The van der Waals surface area contributed by atoms with Gasteiger partial charge in [0.2, 0.25) is 0 Å². The normalized spacial score (nSPS) is 29.7. The van der Waals surface area contributed by atoms with E-state index >= 15 is 0 Å². The summed E-state index contributed by atoms with van der Waals surface area (Å²) in [5, 5.41) is 6.78. The van der Waals surface area contributed by atoms with Crippen molar-refractivity contribution in [2.75, 3.05) is 25.0 Å². The van der Waals surface area contributed by atoms with Crippen LogP contribution in [0.4, 0.5) is 10.6 Å². The molecule has 7 heteroatoms. The first kappa shape index (κ1) is 27.1. The van der Waals surface area contributed by atoms with Crippen LogP contribution in [0.1, 0.15) is 88.1 Å². The molecular formula is C33H44N4O3. The number of pyridine rings is 1. The fourth-order valence-corrected chi connectivity index (χ4v) is 8.50. The predicted molar refractivity (Wildman–Crippen MR) is 156 cm³/mol. The van der Waals surface area contributed by atoms with Gasteiger partial charge in [0.15, 0.2) is 0 Å². The summed E-state index contributed by atoms with van der Waals surface area (Å²) < 4.78 is 5.47. The number of anilines is 1. The number of hydrogen-bond donors (Lipinski definition) is 2. The number of carbonyl (C=O) groups excluding carboxylic acids is 2. The van der Waals surface area contributed by atoms with Gasteiger partial charge in [0.25, 0.3) is 5.91 Å². The number of nitrogens with zero attached hydrogens (tertiary/aromatic N) is 2. The summed E-state index contributed by atoms with van der Waals surface area (Å²) in [6, 6.07) is 15.1. The third kappa shape index (κ3) is 5.70. The maximum absolute atomic E-state index is 12.9. The Morgan fingerprint density at radius 2 is 1.70 bits per heavy atom. The number of amides is 2.